The summed E-state index contributed by atoms with van der Waals surface area (Å²) in [6.07, 6.45) is 1.68. The first-order valence-electron chi connectivity index (χ1n) is 5.77. The summed E-state index contributed by atoms with van der Waals surface area (Å²) >= 11 is 0. The molecule has 1 aromatic rings. The van der Waals surface area contributed by atoms with E-state index in [0.29, 0.717) is 17.9 Å². The van der Waals surface area contributed by atoms with Gasteiger partial charge in [-0.1, -0.05) is 0 Å². The summed E-state index contributed by atoms with van der Waals surface area (Å²) in [5.41, 5.74) is 0.591. The number of aromatic nitrogens is 1. The molecule has 0 saturated heterocycles. The summed E-state index contributed by atoms with van der Waals surface area (Å²) in [5.74, 6) is 0.549. The Kier molecular flexibility index (Phi) is 5.42. The molecule has 1 rings (SSSR count). The molecule has 17 heavy (non-hydrogen) atoms. The molecular weight excluding hydrogens is 216 g/mol. The van der Waals surface area contributed by atoms with Crippen LogP contribution in [0, 0.1) is 0 Å². The molecule has 0 aliphatic rings. The van der Waals surface area contributed by atoms with Crippen molar-refractivity contribution >= 4 is 11.7 Å². The van der Waals surface area contributed by atoms with Crippen LogP contribution in [0.15, 0.2) is 18.3 Å². The van der Waals surface area contributed by atoms with Gasteiger partial charge in [0.25, 0.3) is 5.91 Å². The highest BCUT2D eigenvalue weighted by Crippen LogP contribution is 2.10. The fourth-order valence-corrected chi connectivity index (χ4v) is 1.39. The van der Waals surface area contributed by atoms with Crippen LogP contribution in [0.4, 0.5) is 5.82 Å². The highest BCUT2D eigenvalue weighted by Gasteiger charge is 2.10. The van der Waals surface area contributed by atoms with Crippen LogP contribution in [0.2, 0.25) is 0 Å². The smallest absolute Gasteiger partial charge is 0.255 e. The third-order valence-corrected chi connectivity index (χ3v) is 2.24. The number of likely N-dealkylation sites (N-methyl/N-ethyl adjacent to an activating group) is 1. The average Bonchev–Trinajstić information content (AvgIpc) is 2.29. The van der Waals surface area contributed by atoms with Gasteiger partial charge in [-0.05, 0) is 33.2 Å². The van der Waals surface area contributed by atoms with E-state index in [1.807, 2.05) is 25.9 Å². The van der Waals surface area contributed by atoms with Crippen molar-refractivity contribution in [3.8, 4) is 0 Å². The molecule has 0 unspecified atom stereocenters. The quantitative estimate of drug-likeness (QED) is 0.767. The van der Waals surface area contributed by atoms with E-state index in [1.54, 1.807) is 18.3 Å². The molecule has 94 valence electrons. The standard InChI is InChI=1S/C12H20N4O/c1-4-13-11-10(6-5-7-14-11)12(17)15-8-9-16(2)3/h5-7H,4,8-9H2,1-3H3,(H,13,14)(H,15,17). The van der Waals surface area contributed by atoms with Crippen molar-refractivity contribution in [3.63, 3.8) is 0 Å². The molecule has 2 N–H and O–H groups in total. The zero-order chi connectivity index (χ0) is 12.7. The van der Waals surface area contributed by atoms with E-state index in [0.717, 1.165) is 13.1 Å². The number of hydrogen-bond donors (Lipinski definition) is 2. The zero-order valence-electron chi connectivity index (χ0n) is 10.7. The predicted molar refractivity (Wildman–Crippen MR) is 69.3 cm³/mol. The molecule has 0 aliphatic carbocycles. The number of nitrogens with one attached hydrogen (secondary N) is 2. The number of nitrogens with zero attached hydrogens (tertiary/aromatic N) is 2. The van der Waals surface area contributed by atoms with Crippen LogP contribution in [0.3, 0.4) is 0 Å². The summed E-state index contributed by atoms with van der Waals surface area (Å²) in [4.78, 5) is 18.1. The van der Waals surface area contributed by atoms with E-state index in [1.165, 1.54) is 0 Å². The Labute approximate surface area is 102 Å². The number of carbonyl (C=O) groups is 1. The molecule has 0 saturated carbocycles. The third-order valence-electron chi connectivity index (χ3n) is 2.24. The Morgan fingerprint density at radius 1 is 1.47 bits per heavy atom. The molecule has 1 amide bonds. The number of hydrogen-bond acceptors (Lipinski definition) is 4. The maximum Gasteiger partial charge on any atom is 0.255 e. The van der Waals surface area contributed by atoms with Gasteiger partial charge in [0.15, 0.2) is 0 Å². The van der Waals surface area contributed by atoms with Crippen LogP contribution in [0.1, 0.15) is 17.3 Å². The first kappa shape index (κ1) is 13.4. The first-order chi connectivity index (χ1) is 8.15. The summed E-state index contributed by atoms with van der Waals surface area (Å²) in [7, 11) is 3.95. The topological polar surface area (TPSA) is 57.3 Å². The largest absolute Gasteiger partial charge is 0.370 e. The summed E-state index contributed by atoms with van der Waals surface area (Å²) in [5, 5.41) is 5.94. The number of anilines is 1. The van der Waals surface area contributed by atoms with E-state index in [4.69, 9.17) is 0 Å². The van der Waals surface area contributed by atoms with Gasteiger partial charge in [-0.3, -0.25) is 4.79 Å². The van der Waals surface area contributed by atoms with E-state index in [2.05, 4.69) is 15.6 Å². The fraction of sp³-hybridized carbons (Fsp3) is 0.500. The van der Waals surface area contributed by atoms with Crippen LogP contribution in [-0.4, -0.2) is 49.5 Å². The molecule has 0 spiro atoms. The van der Waals surface area contributed by atoms with Gasteiger partial charge < -0.3 is 15.5 Å². The van der Waals surface area contributed by atoms with Crippen LogP contribution < -0.4 is 10.6 Å². The molecule has 0 bridgehead atoms. The van der Waals surface area contributed by atoms with Gasteiger partial charge in [0.2, 0.25) is 0 Å². The molecule has 0 radical (unpaired) electrons. The minimum Gasteiger partial charge on any atom is -0.370 e. The van der Waals surface area contributed by atoms with Crippen LogP contribution >= 0.6 is 0 Å². The van der Waals surface area contributed by atoms with Crippen LogP contribution in [-0.2, 0) is 0 Å². The Morgan fingerprint density at radius 3 is 2.88 bits per heavy atom. The summed E-state index contributed by atoms with van der Waals surface area (Å²) in [6.45, 7) is 4.17. The molecule has 1 aromatic heterocycles. The highest BCUT2D eigenvalue weighted by atomic mass is 16.1. The van der Waals surface area contributed by atoms with E-state index < -0.39 is 0 Å². The minimum absolute atomic E-state index is 0.0871. The van der Waals surface area contributed by atoms with Crippen molar-refractivity contribution < 1.29 is 4.79 Å². The average molecular weight is 236 g/mol. The lowest BCUT2D eigenvalue weighted by Crippen LogP contribution is -2.31. The molecule has 5 nitrogen and oxygen atoms in total. The molecule has 5 heteroatoms. The number of amides is 1. The number of pyridine rings is 1. The van der Waals surface area contributed by atoms with Crippen molar-refractivity contribution in [2.75, 3.05) is 39.0 Å². The molecule has 0 atom stereocenters. The monoisotopic (exact) mass is 236 g/mol. The second-order valence-corrected chi connectivity index (χ2v) is 3.99. The second kappa shape index (κ2) is 6.85. The molecule has 0 aromatic carbocycles. The Hall–Kier alpha value is -1.62. The second-order valence-electron chi connectivity index (χ2n) is 3.99. The van der Waals surface area contributed by atoms with Crippen molar-refractivity contribution in [2.24, 2.45) is 0 Å². The van der Waals surface area contributed by atoms with Crippen LogP contribution in [0.25, 0.3) is 0 Å². The number of carbonyl (C=O) groups excluding carboxylic acids is 1. The van der Waals surface area contributed by atoms with Crippen molar-refractivity contribution in [3.05, 3.63) is 23.9 Å². The summed E-state index contributed by atoms with van der Waals surface area (Å²) in [6, 6.07) is 3.54. The molecular formula is C12H20N4O. The molecule has 1 heterocycles. The molecule has 0 aliphatic heterocycles. The highest BCUT2D eigenvalue weighted by molar-refractivity contribution is 5.98. The van der Waals surface area contributed by atoms with E-state index >= 15 is 0 Å². The zero-order valence-corrected chi connectivity index (χ0v) is 10.7. The van der Waals surface area contributed by atoms with Gasteiger partial charge in [0.1, 0.15) is 5.82 Å². The van der Waals surface area contributed by atoms with E-state index in [-0.39, 0.29) is 5.91 Å². The Balaban J connectivity index is 2.61. The van der Waals surface area contributed by atoms with Gasteiger partial charge in [-0.15, -0.1) is 0 Å². The van der Waals surface area contributed by atoms with Gasteiger partial charge >= 0.3 is 0 Å². The Bertz CT molecular complexity index is 365. The fourth-order valence-electron chi connectivity index (χ4n) is 1.39. The SMILES string of the molecule is CCNc1ncccc1C(=O)NCCN(C)C. The van der Waals surface area contributed by atoms with Gasteiger partial charge in [0, 0.05) is 25.8 Å². The first-order valence-corrected chi connectivity index (χ1v) is 5.77. The minimum atomic E-state index is -0.0871. The van der Waals surface area contributed by atoms with E-state index in [9.17, 15) is 4.79 Å². The van der Waals surface area contributed by atoms with Gasteiger partial charge in [-0.25, -0.2) is 4.98 Å². The summed E-state index contributed by atoms with van der Waals surface area (Å²) < 4.78 is 0. The Morgan fingerprint density at radius 2 is 2.24 bits per heavy atom. The van der Waals surface area contributed by atoms with Crippen LogP contribution in [0.5, 0.6) is 0 Å². The third kappa shape index (κ3) is 4.40. The maximum atomic E-state index is 11.9. The lowest BCUT2D eigenvalue weighted by atomic mass is 10.2. The van der Waals surface area contributed by atoms with Gasteiger partial charge in [0.05, 0.1) is 5.56 Å². The predicted octanol–water partition coefficient (Wildman–Crippen LogP) is 0.805. The van der Waals surface area contributed by atoms with Crippen molar-refractivity contribution in [2.45, 2.75) is 6.92 Å². The molecule has 0 fully saturated rings. The number of rotatable bonds is 6. The van der Waals surface area contributed by atoms with Crippen molar-refractivity contribution in [1.82, 2.24) is 15.2 Å². The van der Waals surface area contributed by atoms with Gasteiger partial charge in [-0.2, -0.15) is 0 Å². The van der Waals surface area contributed by atoms with Crippen molar-refractivity contribution in [1.29, 1.82) is 0 Å². The normalized spacial score (nSPS) is 10.4. The lowest BCUT2D eigenvalue weighted by Gasteiger charge is -2.12. The lowest BCUT2D eigenvalue weighted by molar-refractivity contribution is 0.0951. The maximum absolute atomic E-state index is 11.9.